The summed E-state index contributed by atoms with van der Waals surface area (Å²) in [5.41, 5.74) is -0.492. The fourth-order valence-corrected chi connectivity index (χ4v) is 2.59. The Morgan fingerprint density at radius 1 is 1.11 bits per heavy atom. The minimum Gasteiger partial charge on any atom is -0.445 e. The maximum absolute atomic E-state index is 12.5. The summed E-state index contributed by atoms with van der Waals surface area (Å²) in [6.45, 7) is 15.4. The molecule has 1 rings (SSSR count). The van der Waals surface area contributed by atoms with Crippen molar-refractivity contribution in [1.82, 2.24) is 10.2 Å². The van der Waals surface area contributed by atoms with Gasteiger partial charge in [-0.15, -0.1) is 13.2 Å². The summed E-state index contributed by atoms with van der Waals surface area (Å²) in [5, 5.41) is 2.86. The van der Waals surface area contributed by atoms with E-state index in [-0.39, 0.29) is 13.2 Å². The number of alkyl carbamates (subject to hydrolysis) is 1. The Morgan fingerprint density at radius 2 is 1.75 bits per heavy atom. The Hall–Kier alpha value is -2.76. The third kappa shape index (κ3) is 8.75. The van der Waals surface area contributed by atoms with Crippen LogP contribution in [0, 0.1) is 0 Å². The van der Waals surface area contributed by atoms with Crippen LogP contribution in [0.1, 0.15) is 39.7 Å². The summed E-state index contributed by atoms with van der Waals surface area (Å²) < 4.78 is 10.8. The average Bonchev–Trinajstić information content (AvgIpc) is 2.59. The molecule has 1 aromatic carbocycles. The van der Waals surface area contributed by atoms with Gasteiger partial charge in [-0.1, -0.05) is 42.5 Å². The fraction of sp³-hybridized carbons (Fsp3) is 0.455. The van der Waals surface area contributed by atoms with Gasteiger partial charge in [0.2, 0.25) is 0 Å². The summed E-state index contributed by atoms with van der Waals surface area (Å²) in [6, 6.07) is 9.42. The molecule has 0 aromatic heterocycles. The number of nitrogens with zero attached hydrogens (tertiary/aromatic N) is 1. The molecule has 0 fully saturated rings. The fourth-order valence-electron chi connectivity index (χ4n) is 2.59. The van der Waals surface area contributed by atoms with Gasteiger partial charge in [0, 0.05) is 13.1 Å². The molecular formula is C22H32N2O4. The Labute approximate surface area is 168 Å². The predicted octanol–water partition coefficient (Wildman–Crippen LogP) is 4.67. The Balaban J connectivity index is 2.79. The summed E-state index contributed by atoms with van der Waals surface area (Å²) in [5.74, 6) is 0. The van der Waals surface area contributed by atoms with Crippen molar-refractivity contribution in [2.24, 2.45) is 0 Å². The van der Waals surface area contributed by atoms with Crippen LogP contribution in [-0.4, -0.2) is 41.3 Å². The van der Waals surface area contributed by atoms with Crippen molar-refractivity contribution in [2.45, 2.75) is 51.9 Å². The van der Waals surface area contributed by atoms with Crippen LogP contribution in [-0.2, 0) is 16.1 Å². The molecule has 6 nitrogen and oxygen atoms in total. The van der Waals surface area contributed by atoms with Gasteiger partial charge in [0.1, 0.15) is 12.2 Å². The molecule has 1 N–H and O–H groups in total. The van der Waals surface area contributed by atoms with Crippen LogP contribution in [0.3, 0.4) is 0 Å². The van der Waals surface area contributed by atoms with E-state index in [1.807, 2.05) is 37.3 Å². The SMILES string of the molecule is C=CCN(CC(C)(CC=C)NC(=O)OCc1ccccc1)C(=O)OC(C)(C)C. The van der Waals surface area contributed by atoms with Crippen LogP contribution >= 0.6 is 0 Å². The first-order valence-electron chi connectivity index (χ1n) is 9.27. The van der Waals surface area contributed by atoms with Gasteiger partial charge >= 0.3 is 12.2 Å². The van der Waals surface area contributed by atoms with Gasteiger partial charge in [-0.3, -0.25) is 0 Å². The van der Waals surface area contributed by atoms with E-state index >= 15 is 0 Å². The first-order chi connectivity index (χ1) is 13.1. The first-order valence-corrected chi connectivity index (χ1v) is 9.27. The lowest BCUT2D eigenvalue weighted by molar-refractivity contribution is 0.0217. The van der Waals surface area contributed by atoms with Gasteiger partial charge in [-0.2, -0.15) is 0 Å². The summed E-state index contributed by atoms with van der Waals surface area (Å²) in [4.78, 5) is 26.3. The second-order valence-electron chi connectivity index (χ2n) is 7.89. The molecule has 6 heteroatoms. The molecule has 1 atom stereocenters. The van der Waals surface area contributed by atoms with Gasteiger partial charge in [0.25, 0.3) is 0 Å². The number of ether oxygens (including phenoxy) is 2. The molecule has 154 valence electrons. The maximum atomic E-state index is 12.5. The Bertz CT molecular complexity index is 667. The number of carbonyl (C=O) groups excluding carboxylic acids is 2. The molecule has 0 aliphatic rings. The average molecular weight is 389 g/mol. The molecule has 0 saturated carbocycles. The van der Waals surface area contributed by atoms with Crippen LogP contribution in [0.5, 0.6) is 0 Å². The molecular weight excluding hydrogens is 356 g/mol. The summed E-state index contributed by atoms with van der Waals surface area (Å²) in [7, 11) is 0. The van der Waals surface area contributed by atoms with Crippen molar-refractivity contribution in [3.05, 3.63) is 61.2 Å². The highest BCUT2D eigenvalue weighted by molar-refractivity contribution is 5.70. The maximum Gasteiger partial charge on any atom is 0.410 e. The van der Waals surface area contributed by atoms with E-state index < -0.39 is 23.3 Å². The number of rotatable bonds is 9. The monoisotopic (exact) mass is 388 g/mol. The molecule has 1 aromatic rings. The van der Waals surface area contributed by atoms with Crippen molar-refractivity contribution in [3.63, 3.8) is 0 Å². The zero-order valence-corrected chi connectivity index (χ0v) is 17.4. The second-order valence-corrected chi connectivity index (χ2v) is 7.89. The number of hydrogen-bond acceptors (Lipinski definition) is 4. The molecule has 0 aliphatic carbocycles. The predicted molar refractivity (Wildman–Crippen MR) is 111 cm³/mol. The molecule has 0 radical (unpaired) electrons. The van der Waals surface area contributed by atoms with E-state index in [9.17, 15) is 9.59 Å². The standard InChI is InChI=1S/C22H32N2O4/c1-7-14-22(6,17-24(15-8-2)20(26)28-21(3,4)5)23-19(25)27-16-18-12-10-9-11-13-18/h7-13H,1-2,14-17H2,3-6H3,(H,23,25). The van der Waals surface area contributed by atoms with E-state index in [1.54, 1.807) is 32.9 Å². The van der Waals surface area contributed by atoms with E-state index in [1.165, 1.54) is 4.90 Å². The number of hydrogen-bond donors (Lipinski definition) is 1. The van der Waals surface area contributed by atoms with E-state index in [0.29, 0.717) is 13.0 Å². The second kappa shape index (κ2) is 10.5. The topological polar surface area (TPSA) is 67.9 Å². The molecule has 2 amide bonds. The zero-order valence-electron chi connectivity index (χ0n) is 17.4. The lowest BCUT2D eigenvalue weighted by Crippen LogP contribution is -2.55. The van der Waals surface area contributed by atoms with E-state index in [4.69, 9.17) is 9.47 Å². The third-order valence-corrected chi connectivity index (χ3v) is 3.75. The lowest BCUT2D eigenvalue weighted by atomic mass is 9.97. The minimum atomic E-state index is -0.768. The van der Waals surface area contributed by atoms with Crippen LogP contribution in [0.15, 0.2) is 55.6 Å². The van der Waals surface area contributed by atoms with Crippen LogP contribution in [0.25, 0.3) is 0 Å². The van der Waals surface area contributed by atoms with Crippen LogP contribution in [0.2, 0.25) is 0 Å². The lowest BCUT2D eigenvalue weighted by Gasteiger charge is -2.35. The number of nitrogens with one attached hydrogen (secondary N) is 1. The third-order valence-electron chi connectivity index (χ3n) is 3.75. The van der Waals surface area contributed by atoms with Crippen molar-refractivity contribution in [1.29, 1.82) is 0 Å². The van der Waals surface area contributed by atoms with E-state index in [2.05, 4.69) is 18.5 Å². The quantitative estimate of drug-likeness (QED) is 0.624. The van der Waals surface area contributed by atoms with Crippen molar-refractivity contribution in [3.8, 4) is 0 Å². The highest BCUT2D eigenvalue weighted by atomic mass is 16.6. The number of amides is 2. The summed E-state index contributed by atoms with van der Waals surface area (Å²) in [6.07, 6.45) is 2.73. The van der Waals surface area contributed by atoms with Gasteiger partial charge in [-0.05, 0) is 39.7 Å². The van der Waals surface area contributed by atoms with Crippen LogP contribution in [0.4, 0.5) is 9.59 Å². The van der Waals surface area contributed by atoms with Crippen molar-refractivity contribution in [2.75, 3.05) is 13.1 Å². The van der Waals surface area contributed by atoms with Crippen LogP contribution < -0.4 is 5.32 Å². The zero-order chi connectivity index (χ0) is 21.2. The van der Waals surface area contributed by atoms with E-state index in [0.717, 1.165) is 5.56 Å². The van der Waals surface area contributed by atoms with Gasteiger partial charge in [0.05, 0.1) is 5.54 Å². The normalized spacial score (nSPS) is 13.0. The molecule has 0 aliphatic heterocycles. The van der Waals surface area contributed by atoms with Crippen molar-refractivity contribution >= 4 is 12.2 Å². The van der Waals surface area contributed by atoms with Gasteiger partial charge < -0.3 is 19.7 Å². The first kappa shape index (κ1) is 23.3. The molecule has 1 unspecified atom stereocenters. The smallest absolute Gasteiger partial charge is 0.410 e. The molecule has 0 saturated heterocycles. The molecule has 0 bridgehead atoms. The molecule has 0 spiro atoms. The number of carbonyl (C=O) groups is 2. The van der Waals surface area contributed by atoms with Gasteiger partial charge in [0.15, 0.2) is 0 Å². The highest BCUT2D eigenvalue weighted by Crippen LogP contribution is 2.17. The van der Waals surface area contributed by atoms with Gasteiger partial charge in [-0.25, -0.2) is 9.59 Å². The number of benzene rings is 1. The molecule has 28 heavy (non-hydrogen) atoms. The minimum absolute atomic E-state index is 0.166. The molecule has 0 heterocycles. The Kier molecular flexibility index (Phi) is 8.76. The largest absolute Gasteiger partial charge is 0.445 e. The Morgan fingerprint density at radius 3 is 2.29 bits per heavy atom. The van der Waals surface area contributed by atoms with Crippen molar-refractivity contribution < 1.29 is 19.1 Å². The highest BCUT2D eigenvalue weighted by Gasteiger charge is 2.32. The summed E-state index contributed by atoms with van der Waals surface area (Å²) >= 11 is 0.